The number of hydrogen-bond donors (Lipinski definition) is 0. The highest BCUT2D eigenvalue weighted by molar-refractivity contribution is 9.10. The molecule has 0 amide bonds. The van der Waals surface area contributed by atoms with E-state index in [2.05, 4.69) is 53.1 Å². The molecule has 0 heterocycles. The molecule has 3 heteroatoms. The van der Waals surface area contributed by atoms with Crippen LogP contribution in [-0.4, -0.2) is 19.0 Å². The zero-order valence-corrected chi connectivity index (χ0v) is 11.9. The molecule has 1 aliphatic rings. The summed E-state index contributed by atoms with van der Waals surface area (Å²) in [5, 5.41) is 9.50. The maximum atomic E-state index is 9.50. The maximum absolute atomic E-state index is 9.50. The highest BCUT2D eigenvalue weighted by Gasteiger charge is 2.46. The highest BCUT2D eigenvalue weighted by atomic mass is 79.9. The van der Waals surface area contributed by atoms with Gasteiger partial charge < -0.3 is 4.90 Å². The molecule has 2 rings (SSSR count). The van der Waals surface area contributed by atoms with E-state index in [1.54, 1.807) is 0 Å². The largest absolute Gasteiger partial charge is 0.301 e. The van der Waals surface area contributed by atoms with E-state index >= 15 is 0 Å². The molecule has 0 N–H and O–H groups in total. The second-order valence-electron chi connectivity index (χ2n) is 5.04. The lowest BCUT2D eigenvalue weighted by atomic mass is 9.63. The molecular weight excluding hydrogens is 276 g/mol. The zero-order valence-electron chi connectivity index (χ0n) is 10.3. The molecular formula is C14H17BrN2. The molecule has 1 aromatic carbocycles. The van der Waals surface area contributed by atoms with Crippen molar-refractivity contribution in [2.45, 2.75) is 25.3 Å². The van der Waals surface area contributed by atoms with Gasteiger partial charge in [0.25, 0.3) is 0 Å². The van der Waals surface area contributed by atoms with Gasteiger partial charge in [-0.25, -0.2) is 0 Å². The van der Waals surface area contributed by atoms with Gasteiger partial charge in [-0.3, -0.25) is 0 Å². The Morgan fingerprint density at radius 3 is 2.53 bits per heavy atom. The summed E-state index contributed by atoms with van der Waals surface area (Å²) in [5.41, 5.74) is 1.04. The van der Waals surface area contributed by atoms with E-state index in [4.69, 9.17) is 0 Å². The number of nitrogens with zero attached hydrogens (tertiary/aromatic N) is 2. The van der Waals surface area contributed by atoms with Crippen LogP contribution in [0.15, 0.2) is 28.7 Å². The molecule has 1 unspecified atom stereocenters. The Morgan fingerprint density at radius 1 is 1.41 bits per heavy atom. The van der Waals surface area contributed by atoms with E-state index in [9.17, 15) is 5.26 Å². The summed E-state index contributed by atoms with van der Waals surface area (Å²) in [6.45, 7) is 0. The predicted molar refractivity (Wildman–Crippen MR) is 72.5 cm³/mol. The quantitative estimate of drug-likeness (QED) is 0.848. The van der Waals surface area contributed by atoms with Crippen LogP contribution in [-0.2, 0) is 0 Å². The molecule has 0 spiro atoms. The Bertz CT molecular complexity index is 444. The second-order valence-corrected chi connectivity index (χ2v) is 5.96. The van der Waals surface area contributed by atoms with E-state index in [-0.39, 0.29) is 11.5 Å². The highest BCUT2D eigenvalue weighted by Crippen LogP contribution is 2.51. The lowest BCUT2D eigenvalue weighted by Gasteiger charge is -2.45. The third kappa shape index (κ3) is 2.25. The first-order valence-corrected chi connectivity index (χ1v) is 6.71. The van der Waals surface area contributed by atoms with Crippen molar-refractivity contribution in [3.63, 3.8) is 0 Å². The van der Waals surface area contributed by atoms with Crippen LogP contribution in [0.2, 0.25) is 0 Å². The van der Waals surface area contributed by atoms with Gasteiger partial charge in [0, 0.05) is 4.47 Å². The van der Waals surface area contributed by atoms with Gasteiger partial charge in [0.05, 0.1) is 17.5 Å². The fraction of sp³-hybridized carbons (Fsp3) is 0.500. The average Bonchev–Trinajstić information content (AvgIpc) is 2.22. The summed E-state index contributed by atoms with van der Waals surface area (Å²) < 4.78 is 1.08. The zero-order chi connectivity index (χ0) is 12.5. The molecule has 0 aromatic heterocycles. The normalized spacial score (nSPS) is 19.5. The smallest absolute Gasteiger partial charge is 0.0770 e. The average molecular weight is 293 g/mol. The van der Waals surface area contributed by atoms with Crippen molar-refractivity contribution in [3.05, 3.63) is 34.3 Å². The fourth-order valence-corrected chi connectivity index (χ4v) is 3.21. The van der Waals surface area contributed by atoms with Crippen molar-refractivity contribution in [1.82, 2.24) is 4.90 Å². The monoisotopic (exact) mass is 292 g/mol. The fourth-order valence-electron chi connectivity index (χ4n) is 2.79. The molecule has 0 aliphatic heterocycles. The van der Waals surface area contributed by atoms with E-state index in [1.807, 2.05) is 12.1 Å². The molecule has 17 heavy (non-hydrogen) atoms. The molecule has 0 bridgehead atoms. The molecule has 1 saturated carbocycles. The number of nitriles is 1. The van der Waals surface area contributed by atoms with Crippen molar-refractivity contribution < 1.29 is 0 Å². The van der Waals surface area contributed by atoms with E-state index in [1.165, 1.54) is 12.0 Å². The van der Waals surface area contributed by atoms with Gasteiger partial charge in [0.1, 0.15) is 0 Å². The van der Waals surface area contributed by atoms with Crippen LogP contribution in [0, 0.1) is 16.7 Å². The Morgan fingerprint density at radius 2 is 2.12 bits per heavy atom. The minimum absolute atomic E-state index is 0.190. The van der Waals surface area contributed by atoms with Gasteiger partial charge in [0.2, 0.25) is 0 Å². The Labute approximate surface area is 111 Å². The van der Waals surface area contributed by atoms with Crippen LogP contribution in [0.5, 0.6) is 0 Å². The van der Waals surface area contributed by atoms with Gasteiger partial charge in [0.15, 0.2) is 0 Å². The maximum Gasteiger partial charge on any atom is 0.0770 e. The van der Waals surface area contributed by atoms with E-state index in [0.717, 1.165) is 17.3 Å². The lowest BCUT2D eigenvalue weighted by Crippen LogP contribution is -2.41. The summed E-state index contributed by atoms with van der Waals surface area (Å²) in [6.07, 6.45) is 3.20. The third-order valence-corrected chi connectivity index (χ3v) is 4.17. The van der Waals surface area contributed by atoms with E-state index < -0.39 is 0 Å². The molecule has 1 aliphatic carbocycles. The summed E-state index contributed by atoms with van der Waals surface area (Å²) in [4.78, 5) is 2.17. The Balaban J connectivity index is 2.40. The summed E-state index contributed by atoms with van der Waals surface area (Å²) in [7, 11) is 4.12. The van der Waals surface area contributed by atoms with Crippen LogP contribution in [0.4, 0.5) is 0 Å². The summed E-state index contributed by atoms with van der Waals surface area (Å²) in [6, 6.07) is 11.1. The first kappa shape index (κ1) is 12.6. The van der Waals surface area contributed by atoms with Crippen LogP contribution in [0.1, 0.15) is 30.9 Å². The molecule has 0 radical (unpaired) electrons. The number of benzene rings is 1. The third-order valence-electron chi connectivity index (χ3n) is 3.67. The summed E-state index contributed by atoms with van der Waals surface area (Å²) >= 11 is 3.51. The van der Waals surface area contributed by atoms with Crippen molar-refractivity contribution in [1.29, 1.82) is 5.26 Å². The molecule has 2 nitrogen and oxygen atoms in total. The number of hydrogen-bond acceptors (Lipinski definition) is 2. The van der Waals surface area contributed by atoms with Crippen LogP contribution < -0.4 is 0 Å². The van der Waals surface area contributed by atoms with Crippen molar-refractivity contribution in [2.75, 3.05) is 14.1 Å². The number of rotatable bonds is 3. The molecule has 1 atom stereocenters. The van der Waals surface area contributed by atoms with E-state index in [0.29, 0.717) is 0 Å². The van der Waals surface area contributed by atoms with Crippen LogP contribution in [0.3, 0.4) is 0 Å². The predicted octanol–water partition coefficient (Wildman–Crippen LogP) is 3.75. The molecule has 0 saturated heterocycles. The van der Waals surface area contributed by atoms with Gasteiger partial charge in [-0.1, -0.05) is 34.5 Å². The van der Waals surface area contributed by atoms with Crippen LogP contribution in [0.25, 0.3) is 0 Å². The topological polar surface area (TPSA) is 27.0 Å². The second kappa shape index (κ2) is 4.80. The Hall–Kier alpha value is -0.850. The van der Waals surface area contributed by atoms with Crippen LogP contribution >= 0.6 is 15.9 Å². The Kier molecular flexibility index (Phi) is 3.56. The standard InChI is InChI=1S/C14H17BrN2/c1-17(2)13(14(10-16)7-4-8-14)11-5-3-6-12(15)9-11/h3,5-6,9,13H,4,7-8H2,1-2H3. The van der Waals surface area contributed by atoms with Gasteiger partial charge in [-0.05, 0) is 44.6 Å². The molecule has 1 fully saturated rings. The van der Waals surface area contributed by atoms with Crippen molar-refractivity contribution >= 4 is 15.9 Å². The number of halogens is 1. The first-order valence-electron chi connectivity index (χ1n) is 5.92. The van der Waals surface area contributed by atoms with Gasteiger partial charge in [-0.15, -0.1) is 0 Å². The molecule has 90 valence electrons. The lowest BCUT2D eigenvalue weighted by molar-refractivity contribution is 0.0748. The summed E-state index contributed by atoms with van der Waals surface area (Å²) in [5.74, 6) is 0. The van der Waals surface area contributed by atoms with Crippen molar-refractivity contribution in [2.24, 2.45) is 5.41 Å². The minimum Gasteiger partial charge on any atom is -0.301 e. The van der Waals surface area contributed by atoms with Gasteiger partial charge >= 0.3 is 0 Å². The van der Waals surface area contributed by atoms with Gasteiger partial charge in [-0.2, -0.15) is 5.26 Å². The SMILES string of the molecule is CN(C)C(c1cccc(Br)c1)C1(C#N)CCC1. The van der Waals surface area contributed by atoms with Crippen molar-refractivity contribution in [3.8, 4) is 6.07 Å². The molecule has 1 aromatic rings. The minimum atomic E-state index is -0.190. The first-order chi connectivity index (χ1) is 8.09.